The summed E-state index contributed by atoms with van der Waals surface area (Å²) in [6.07, 6.45) is 0. The van der Waals surface area contributed by atoms with Crippen molar-refractivity contribution in [3.05, 3.63) is 42.5 Å². The van der Waals surface area contributed by atoms with Crippen LogP contribution >= 0.6 is 0 Å². The minimum atomic E-state index is -0.201. The highest BCUT2D eigenvalue weighted by atomic mass is 16.5. The standard InChI is InChI=1S/C16H16N4O3/c1-22-14-8-7-11(9-15(14)23-2)17-16(21)10-20-13-6-4-3-5-12(13)18-19-20/h3-9H,10H2,1-2H3,(H,17,21). The van der Waals surface area contributed by atoms with Crippen molar-refractivity contribution in [2.45, 2.75) is 6.54 Å². The number of benzene rings is 2. The second kappa shape index (κ2) is 6.35. The molecule has 0 aliphatic heterocycles. The summed E-state index contributed by atoms with van der Waals surface area (Å²) in [5.41, 5.74) is 2.19. The van der Waals surface area contributed by atoms with Gasteiger partial charge in [0.15, 0.2) is 11.5 Å². The van der Waals surface area contributed by atoms with Gasteiger partial charge in [-0.05, 0) is 24.3 Å². The third kappa shape index (κ3) is 3.08. The van der Waals surface area contributed by atoms with E-state index in [1.165, 1.54) is 0 Å². The molecule has 0 saturated carbocycles. The highest BCUT2D eigenvalue weighted by Gasteiger charge is 2.10. The zero-order valence-electron chi connectivity index (χ0n) is 12.8. The predicted molar refractivity (Wildman–Crippen MR) is 85.7 cm³/mol. The van der Waals surface area contributed by atoms with Gasteiger partial charge in [-0.15, -0.1) is 5.10 Å². The van der Waals surface area contributed by atoms with E-state index in [0.29, 0.717) is 17.2 Å². The minimum absolute atomic E-state index is 0.0782. The number of aromatic nitrogens is 3. The summed E-state index contributed by atoms with van der Waals surface area (Å²) in [4.78, 5) is 12.2. The summed E-state index contributed by atoms with van der Waals surface area (Å²) in [6.45, 7) is 0.0782. The molecule has 0 bridgehead atoms. The summed E-state index contributed by atoms with van der Waals surface area (Å²) in [5.74, 6) is 0.956. The monoisotopic (exact) mass is 312 g/mol. The third-order valence-corrected chi connectivity index (χ3v) is 3.38. The zero-order valence-corrected chi connectivity index (χ0v) is 12.8. The van der Waals surface area contributed by atoms with Crippen LogP contribution in [0, 0.1) is 0 Å². The van der Waals surface area contributed by atoms with Crippen molar-refractivity contribution in [2.75, 3.05) is 19.5 Å². The van der Waals surface area contributed by atoms with Crippen LogP contribution in [0.3, 0.4) is 0 Å². The van der Waals surface area contributed by atoms with Gasteiger partial charge in [-0.3, -0.25) is 4.79 Å². The van der Waals surface area contributed by atoms with Crippen LogP contribution in [0.4, 0.5) is 5.69 Å². The first-order chi connectivity index (χ1) is 11.2. The Labute approximate surface area is 132 Å². The highest BCUT2D eigenvalue weighted by Crippen LogP contribution is 2.29. The van der Waals surface area contributed by atoms with Crippen molar-refractivity contribution in [1.29, 1.82) is 0 Å². The van der Waals surface area contributed by atoms with Crippen molar-refractivity contribution in [1.82, 2.24) is 15.0 Å². The molecule has 1 heterocycles. The molecule has 0 atom stereocenters. The van der Waals surface area contributed by atoms with Gasteiger partial charge < -0.3 is 14.8 Å². The Morgan fingerprint density at radius 1 is 1.13 bits per heavy atom. The fourth-order valence-corrected chi connectivity index (χ4v) is 2.28. The van der Waals surface area contributed by atoms with Gasteiger partial charge in [0.05, 0.1) is 19.7 Å². The molecule has 7 nitrogen and oxygen atoms in total. The van der Waals surface area contributed by atoms with E-state index in [9.17, 15) is 4.79 Å². The number of carbonyl (C=O) groups excluding carboxylic acids is 1. The average molecular weight is 312 g/mol. The van der Waals surface area contributed by atoms with Crippen LogP contribution in [-0.4, -0.2) is 35.1 Å². The molecule has 0 fully saturated rings. The van der Waals surface area contributed by atoms with E-state index in [4.69, 9.17) is 9.47 Å². The zero-order chi connectivity index (χ0) is 16.2. The van der Waals surface area contributed by atoms with Gasteiger partial charge in [0.2, 0.25) is 5.91 Å². The number of nitrogens with zero attached hydrogens (tertiary/aromatic N) is 3. The second-order valence-electron chi connectivity index (χ2n) is 4.85. The molecular weight excluding hydrogens is 296 g/mol. The average Bonchev–Trinajstić information content (AvgIpc) is 2.97. The highest BCUT2D eigenvalue weighted by molar-refractivity contribution is 5.91. The van der Waals surface area contributed by atoms with E-state index in [-0.39, 0.29) is 12.5 Å². The molecule has 0 aliphatic carbocycles. The Hall–Kier alpha value is -3.09. The fraction of sp³-hybridized carbons (Fsp3) is 0.188. The van der Waals surface area contributed by atoms with Gasteiger partial charge in [0.25, 0.3) is 0 Å². The normalized spacial score (nSPS) is 10.5. The van der Waals surface area contributed by atoms with Crippen molar-refractivity contribution in [3.63, 3.8) is 0 Å². The van der Waals surface area contributed by atoms with Crippen LogP contribution in [0.25, 0.3) is 11.0 Å². The van der Waals surface area contributed by atoms with Gasteiger partial charge in [0, 0.05) is 11.8 Å². The molecule has 0 unspecified atom stereocenters. The lowest BCUT2D eigenvalue weighted by Gasteiger charge is -2.10. The van der Waals surface area contributed by atoms with Gasteiger partial charge in [-0.2, -0.15) is 0 Å². The van der Waals surface area contributed by atoms with Crippen molar-refractivity contribution >= 4 is 22.6 Å². The molecule has 1 N–H and O–H groups in total. The lowest BCUT2D eigenvalue weighted by Crippen LogP contribution is -2.19. The topological polar surface area (TPSA) is 78.3 Å². The number of rotatable bonds is 5. The van der Waals surface area contributed by atoms with Crippen molar-refractivity contribution < 1.29 is 14.3 Å². The van der Waals surface area contributed by atoms with Crippen LogP contribution in [-0.2, 0) is 11.3 Å². The largest absolute Gasteiger partial charge is 0.493 e. The maximum atomic E-state index is 12.2. The Bertz CT molecular complexity index is 844. The lowest BCUT2D eigenvalue weighted by molar-refractivity contribution is -0.116. The predicted octanol–water partition coefficient (Wildman–Crippen LogP) is 2.09. The molecule has 118 valence electrons. The number of methoxy groups -OCH3 is 2. The maximum absolute atomic E-state index is 12.2. The summed E-state index contributed by atoms with van der Waals surface area (Å²) < 4.78 is 11.9. The van der Waals surface area contributed by atoms with E-state index >= 15 is 0 Å². The molecule has 7 heteroatoms. The molecule has 3 rings (SSSR count). The number of ether oxygens (including phenoxy) is 2. The van der Waals surface area contributed by atoms with Gasteiger partial charge in [-0.25, -0.2) is 4.68 Å². The van der Waals surface area contributed by atoms with Crippen LogP contribution in [0.1, 0.15) is 0 Å². The van der Waals surface area contributed by atoms with Crippen LogP contribution in [0.15, 0.2) is 42.5 Å². The number of para-hydroxylation sites is 1. The molecule has 23 heavy (non-hydrogen) atoms. The van der Waals surface area contributed by atoms with Gasteiger partial charge >= 0.3 is 0 Å². The molecule has 1 amide bonds. The quantitative estimate of drug-likeness (QED) is 0.780. The van der Waals surface area contributed by atoms with Gasteiger partial charge in [-0.1, -0.05) is 17.3 Å². The fourth-order valence-electron chi connectivity index (χ4n) is 2.28. The smallest absolute Gasteiger partial charge is 0.246 e. The number of anilines is 1. The summed E-state index contributed by atoms with van der Waals surface area (Å²) in [6, 6.07) is 12.7. The SMILES string of the molecule is COc1ccc(NC(=O)Cn2nnc3ccccc32)cc1OC. The molecule has 3 aromatic rings. The van der Waals surface area contributed by atoms with Crippen LogP contribution in [0.2, 0.25) is 0 Å². The molecule has 0 spiro atoms. The lowest BCUT2D eigenvalue weighted by atomic mass is 10.2. The first kappa shape index (κ1) is 14.8. The number of hydrogen-bond donors (Lipinski definition) is 1. The van der Waals surface area contributed by atoms with E-state index in [1.807, 2.05) is 24.3 Å². The molecule has 1 aromatic heterocycles. The maximum Gasteiger partial charge on any atom is 0.246 e. The summed E-state index contributed by atoms with van der Waals surface area (Å²) >= 11 is 0. The number of hydrogen-bond acceptors (Lipinski definition) is 5. The van der Waals surface area contributed by atoms with Crippen molar-refractivity contribution in [2.24, 2.45) is 0 Å². The van der Waals surface area contributed by atoms with E-state index in [0.717, 1.165) is 11.0 Å². The number of amides is 1. The first-order valence-corrected chi connectivity index (χ1v) is 7.01. The second-order valence-corrected chi connectivity index (χ2v) is 4.85. The van der Waals surface area contributed by atoms with Crippen LogP contribution in [0.5, 0.6) is 11.5 Å². The number of fused-ring (bicyclic) bond motifs is 1. The molecule has 0 saturated heterocycles. The van der Waals surface area contributed by atoms with Crippen molar-refractivity contribution in [3.8, 4) is 11.5 Å². The Balaban J connectivity index is 1.74. The van der Waals surface area contributed by atoms with Crippen LogP contribution < -0.4 is 14.8 Å². The third-order valence-electron chi connectivity index (χ3n) is 3.38. The minimum Gasteiger partial charge on any atom is -0.493 e. The first-order valence-electron chi connectivity index (χ1n) is 7.01. The van der Waals surface area contributed by atoms with E-state index in [2.05, 4.69) is 15.6 Å². The Morgan fingerprint density at radius 2 is 1.91 bits per heavy atom. The van der Waals surface area contributed by atoms with E-state index < -0.39 is 0 Å². The summed E-state index contributed by atoms with van der Waals surface area (Å²) in [7, 11) is 3.11. The molecule has 0 aliphatic rings. The Morgan fingerprint density at radius 3 is 2.70 bits per heavy atom. The molecular formula is C16H16N4O3. The molecule has 2 aromatic carbocycles. The van der Waals surface area contributed by atoms with Gasteiger partial charge in [0.1, 0.15) is 12.1 Å². The summed E-state index contributed by atoms with van der Waals surface area (Å²) in [5, 5.41) is 10.8. The Kier molecular flexibility index (Phi) is 4.09. The van der Waals surface area contributed by atoms with E-state index in [1.54, 1.807) is 37.1 Å². The molecule has 0 radical (unpaired) electrons. The number of carbonyl (C=O) groups is 1. The number of nitrogens with one attached hydrogen (secondary N) is 1.